The molecule has 0 spiro atoms. The van der Waals surface area contributed by atoms with Crippen LogP contribution < -0.4 is 10.0 Å². The first-order chi connectivity index (χ1) is 14.9. The Labute approximate surface area is 185 Å². The second-order valence-corrected chi connectivity index (χ2v) is 10.1. The Kier molecular flexibility index (Phi) is 6.47. The van der Waals surface area contributed by atoms with Crippen LogP contribution in [0.1, 0.15) is 28.2 Å². The van der Waals surface area contributed by atoms with Crippen molar-refractivity contribution in [2.24, 2.45) is 0 Å². The van der Waals surface area contributed by atoms with Crippen molar-refractivity contribution in [3.63, 3.8) is 0 Å². The fraction of sp³-hybridized carbons (Fsp3) is 0.273. The van der Waals surface area contributed by atoms with Crippen LogP contribution in [-0.2, 0) is 14.8 Å². The van der Waals surface area contributed by atoms with Gasteiger partial charge in [0.15, 0.2) is 0 Å². The molecule has 1 aromatic heterocycles. The molecule has 1 aliphatic rings. The van der Waals surface area contributed by atoms with Crippen LogP contribution in [0, 0.1) is 6.92 Å². The van der Waals surface area contributed by atoms with Crippen LogP contribution in [0.15, 0.2) is 58.8 Å². The van der Waals surface area contributed by atoms with E-state index in [0.717, 1.165) is 29.1 Å². The number of nitrogens with one attached hydrogen (secondary N) is 2. The van der Waals surface area contributed by atoms with Gasteiger partial charge in [-0.15, -0.1) is 11.3 Å². The number of aromatic nitrogens is 1. The lowest BCUT2D eigenvalue weighted by Crippen LogP contribution is -2.32. The van der Waals surface area contributed by atoms with Crippen molar-refractivity contribution in [3.8, 4) is 11.3 Å². The van der Waals surface area contributed by atoms with Gasteiger partial charge < -0.3 is 10.1 Å². The number of amides is 1. The van der Waals surface area contributed by atoms with Crippen molar-refractivity contribution in [3.05, 3.63) is 64.5 Å². The van der Waals surface area contributed by atoms with E-state index in [9.17, 15) is 13.2 Å². The summed E-state index contributed by atoms with van der Waals surface area (Å²) in [6, 6.07) is 13.4. The van der Waals surface area contributed by atoms with Crippen LogP contribution in [0.5, 0.6) is 0 Å². The molecule has 0 unspecified atom stereocenters. The molecule has 1 aliphatic heterocycles. The molecule has 2 aromatic carbocycles. The van der Waals surface area contributed by atoms with E-state index >= 15 is 0 Å². The molecule has 4 rings (SSSR count). The number of hydrogen-bond acceptors (Lipinski definition) is 6. The van der Waals surface area contributed by atoms with Crippen molar-refractivity contribution >= 4 is 33.0 Å². The Morgan fingerprint density at radius 3 is 2.81 bits per heavy atom. The number of benzene rings is 2. The second-order valence-electron chi connectivity index (χ2n) is 7.30. The summed E-state index contributed by atoms with van der Waals surface area (Å²) in [5.41, 5.74) is 2.62. The van der Waals surface area contributed by atoms with Gasteiger partial charge in [-0.1, -0.05) is 18.2 Å². The van der Waals surface area contributed by atoms with E-state index in [4.69, 9.17) is 4.74 Å². The molecular weight excluding hydrogens is 434 g/mol. The van der Waals surface area contributed by atoms with Gasteiger partial charge in [-0.3, -0.25) is 4.79 Å². The molecule has 1 amide bonds. The lowest BCUT2D eigenvalue weighted by Gasteiger charge is -2.12. The molecule has 2 N–H and O–H groups in total. The van der Waals surface area contributed by atoms with Gasteiger partial charge in [-0.05, 0) is 50.1 Å². The predicted molar refractivity (Wildman–Crippen MR) is 121 cm³/mol. The maximum atomic E-state index is 12.8. The summed E-state index contributed by atoms with van der Waals surface area (Å²) in [6.07, 6.45) is 1.67. The summed E-state index contributed by atoms with van der Waals surface area (Å²) in [5.74, 6) is -0.386. The van der Waals surface area contributed by atoms with Crippen LogP contribution in [0.25, 0.3) is 11.3 Å². The number of anilines is 1. The van der Waals surface area contributed by atoms with E-state index < -0.39 is 10.0 Å². The van der Waals surface area contributed by atoms with Crippen molar-refractivity contribution in [2.75, 3.05) is 18.5 Å². The number of aryl methyl sites for hydroxylation is 1. The Morgan fingerprint density at radius 1 is 1.23 bits per heavy atom. The summed E-state index contributed by atoms with van der Waals surface area (Å²) in [7, 11) is -3.73. The molecule has 0 radical (unpaired) electrons. The maximum absolute atomic E-state index is 12.8. The Balaban J connectivity index is 1.47. The molecule has 1 saturated heterocycles. The largest absolute Gasteiger partial charge is 0.377 e. The highest BCUT2D eigenvalue weighted by Gasteiger charge is 2.21. The van der Waals surface area contributed by atoms with Crippen molar-refractivity contribution in [1.82, 2.24) is 9.71 Å². The fourth-order valence-electron chi connectivity index (χ4n) is 3.35. The predicted octanol–water partition coefficient (Wildman–Crippen LogP) is 3.83. The first kappa shape index (κ1) is 21.6. The molecule has 0 bridgehead atoms. The Hall–Kier alpha value is -2.59. The monoisotopic (exact) mass is 457 g/mol. The van der Waals surface area contributed by atoms with Gasteiger partial charge in [0.2, 0.25) is 10.0 Å². The highest BCUT2D eigenvalue weighted by Crippen LogP contribution is 2.24. The Morgan fingerprint density at radius 2 is 2.06 bits per heavy atom. The summed E-state index contributed by atoms with van der Waals surface area (Å²) in [5, 5.41) is 5.77. The minimum atomic E-state index is -3.73. The first-order valence-electron chi connectivity index (χ1n) is 9.96. The number of carbonyl (C=O) groups excluding carboxylic acids is 1. The van der Waals surface area contributed by atoms with Gasteiger partial charge in [-0.2, -0.15) is 0 Å². The molecule has 1 fully saturated rings. The lowest BCUT2D eigenvalue weighted by molar-refractivity contribution is 0.102. The van der Waals surface area contributed by atoms with Crippen LogP contribution in [-0.4, -0.2) is 38.6 Å². The minimum Gasteiger partial charge on any atom is -0.377 e. The van der Waals surface area contributed by atoms with Crippen LogP contribution in [0.2, 0.25) is 0 Å². The molecular formula is C22H23N3O4S2. The van der Waals surface area contributed by atoms with E-state index in [1.165, 1.54) is 12.1 Å². The SMILES string of the molecule is Cc1nc(-c2cccc(NC(=O)c3cccc(S(=O)(=O)NC[C@H]4CCCO4)c3)c2)cs1. The van der Waals surface area contributed by atoms with Crippen LogP contribution in [0.4, 0.5) is 5.69 Å². The number of sulfonamides is 1. The molecule has 2 heterocycles. The number of thiazole rings is 1. The summed E-state index contributed by atoms with van der Waals surface area (Å²) >= 11 is 1.56. The van der Waals surface area contributed by atoms with Gasteiger partial charge in [0.1, 0.15) is 0 Å². The quantitative estimate of drug-likeness (QED) is 0.562. The van der Waals surface area contributed by atoms with Gasteiger partial charge in [0.05, 0.1) is 21.7 Å². The number of hydrogen-bond donors (Lipinski definition) is 2. The van der Waals surface area contributed by atoms with Crippen LogP contribution >= 0.6 is 11.3 Å². The molecule has 0 aliphatic carbocycles. The van der Waals surface area contributed by atoms with Gasteiger partial charge in [0.25, 0.3) is 5.91 Å². The van der Waals surface area contributed by atoms with E-state index in [0.29, 0.717) is 12.3 Å². The molecule has 0 saturated carbocycles. The first-order valence-corrected chi connectivity index (χ1v) is 12.3. The summed E-state index contributed by atoms with van der Waals surface area (Å²) < 4.78 is 33.3. The zero-order valence-electron chi connectivity index (χ0n) is 17.0. The Bertz CT molecular complexity index is 1180. The zero-order chi connectivity index (χ0) is 21.8. The van der Waals surface area contributed by atoms with E-state index in [2.05, 4.69) is 15.0 Å². The van der Waals surface area contributed by atoms with E-state index in [-0.39, 0.29) is 29.0 Å². The van der Waals surface area contributed by atoms with Gasteiger partial charge in [-0.25, -0.2) is 18.1 Å². The average Bonchev–Trinajstić information content (AvgIpc) is 3.44. The molecule has 7 nitrogen and oxygen atoms in total. The maximum Gasteiger partial charge on any atom is 0.255 e. The average molecular weight is 458 g/mol. The standard InChI is InChI=1S/C22H23N3O4S2/c1-15-24-21(14-30-15)16-5-2-7-18(11-16)25-22(26)17-6-3-9-20(12-17)31(27,28)23-13-19-8-4-10-29-19/h2-3,5-7,9,11-12,14,19,23H,4,8,10,13H2,1H3,(H,25,26)/t19-/m1/s1. The minimum absolute atomic E-state index is 0.0462. The van der Waals surface area contributed by atoms with Crippen molar-refractivity contribution in [1.29, 1.82) is 0 Å². The molecule has 9 heteroatoms. The van der Waals surface area contributed by atoms with Crippen LogP contribution in [0.3, 0.4) is 0 Å². The van der Waals surface area contributed by atoms with E-state index in [1.807, 2.05) is 30.5 Å². The van der Waals surface area contributed by atoms with Crippen molar-refractivity contribution in [2.45, 2.75) is 30.8 Å². The third kappa shape index (κ3) is 5.37. The fourth-order valence-corrected chi connectivity index (χ4v) is 5.09. The molecule has 162 valence electrons. The highest BCUT2D eigenvalue weighted by molar-refractivity contribution is 7.89. The van der Waals surface area contributed by atoms with Gasteiger partial charge in [0, 0.05) is 35.3 Å². The third-order valence-electron chi connectivity index (χ3n) is 4.97. The number of ether oxygens (including phenoxy) is 1. The lowest BCUT2D eigenvalue weighted by atomic mass is 10.1. The molecule has 1 atom stereocenters. The normalized spacial score (nSPS) is 16.4. The molecule has 31 heavy (non-hydrogen) atoms. The topological polar surface area (TPSA) is 97.4 Å². The highest BCUT2D eigenvalue weighted by atomic mass is 32.2. The summed E-state index contributed by atoms with van der Waals surface area (Å²) in [6.45, 7) is 2.82. The number of nitrogens with zero attached hydrogens (tertiary/aromatic N) is 1. The second kappa shape index (κ2) is 9.27. The number of carbonyl (C=O) groups is 1. The molecule has 3 aromatic rings. The summed E-state index contributed by atoms with van der Waals surface area (Å²) in [4.78, 5) is 17.3. The van der Waals surface area contributed by atoms with Gasteiger partial charge >= 0.3 is 0 Å². The van der Waals surface area contributed by atoms with Crippen molar-refractivity contribution < 1.29 is 17.9 Å². The van der Waals surface area contributed by atoms with E-state index in [1.54, 1.807) is 29.5 Å². The zero-order valence-corrected chi connectivity index (χ0v) is 18.6. The third-order valence-corrected chi connectivity index (χ3v) is 7.16. The smallest absolute Gasteiger partial charge is 0.255 e. The number of rotatable bonds is 7.